The number of amides is 2. The first-order chi connectivity index (χ1) is 5.74. The number of ether oxygens (including phenoxy) is 1. The number of rotatable bonds is 1. The molecule has 0 fully saturated rings. The molecule has 1 rings (SSSR count). The van der Waals surface area contributed by atoms with Gasteiger partial charge in [0.1, 0.15) is 5.69 Å². The minimum atomic E-state index is -0.784. The highest BCUT2D eigenvalue weighted by atomic mass is 32.1. The van der Waals surface area contributed by atoms with Gasteiger partial charge in [-0.2, -0.15) is 0 Å². The van der Waals surface area contributed by atoms with E-state index in [-0.39, 0.29) is 5.69 Å². The van der Waals surface area contributed by atoms with E-state index in [9.17, 15) is 9.59 Å². The Morgan fingerprint density at radius 1 is 1.67 bits per heavy atom. The van der Waals surface area contributed by atoms with E-state index in [1.54, 1.807) is 0 Å². The number of nitrogens with zero attached hydrogens (tertiary/aromatic N) is 1. The van der Waals surface area contributed by atoms with Crippen LogP contribution < -0.4 is 5.32 Å². The molecular weight excluding hydrogens is 180 g/mol. The first-order valence-corrected chi connectivity index (χ1v) is 3.96. The van der Waals surface area contributed by atoms with Crippen LogP contribution in [0, 0.1) is 0 Å². The van der Waals surface area contributed by atoms with Gasteiger partial charge in [-0.25, -0.2) is 9.78 Å². The highest BCUT2D eigenvalue weighted by Gasteiger charge is 2.10. The summed E-state index contributed by atoms with van der Waals surface area (Å²) in [6.45, 7) is 0. The van der Waals surface area contributed by atoms with Gasteiger partial charge in [0, 0.05) is 5.38 Å². The molecule has 0 saturated heterocycles. The Morgan fingerprint density at radius 2 is 2.42 bits per heavy atom. The fourth-order valence-electron chi connectivity index (χ4n) is 0.532. The van der Waals surface area contributed by atoms with Crippen LogP contribution in [0.15, 0.2) is 10.9 Å². The predicted molar refractivity (Wildman–Crippen MR) is 42.0 cm³/mol. The molecule has 5 nitrogen and oxygen atoms in total. The van der Waals surface area contributed by atoms with Crippen LogP contribution in [0.5, 0.6) is 0 Å². The van der Waals surface area contributed by atoms with Gasteiger partial charge in [0.25, 0.3) is 5.91 Å². The number of hydrogen-bond donors (Lipinski definition) is 1. The molecule has 12 heavy (non-hydrogen) atoms. The summed E-state index contributed by atoms with van der Waals surface area (Å²) < 4.78 is 4.22. The lowest BCUT2D eigenvalue weighted by Gasteiger charge is -1.97. The van der Waals surface area contributed by atoms with Crippen molar-refractivity contribution in [3.8, 4) is 0 Å². The van der Waals surface area contributed by atoms with E-state index < -0.39 is 12.0 Å². The molecule has 1 aromatic heterocycles. The minimum absolute atomic E-state index is 0.213. The molecular formula is C6H6N2O3S. The monoisotopic (exact) mass is 186 g/mol. The van der Waals surface area contributed by atoms with Gasteiger partial charge in [0.2, 0.25) is 0 Å². The van der Waals surface area contributed by atoms with Gasteiger partial charge >= 0.3 is 6.09 Å². The van der Waals surface area contributed by atoms with Crippen molar-refractivity contribution in [3.05, 3.63) is 16.6 Å². The molecule has 0 atom stereocenters. The summed E-state index contributed by atoms with van der Waals surface area (Å²) in [5.41, 5.74) is 1.72. The van der Waals surface area contributed by atoms with Crippen LogP contribution in [-0.2, 0) is 4.74 Å². The molecule has 0 unspecified atom stereocenters. The van der Waals surface area contributed by atoms with E-state index in [2.05, 4.69) is 9.72 Å². The lowest BCUT2D eigenvalue weighted by Crippen LogP contribution is -2.30. The van der Waals surface area contributed by atoms with E-state index in [4.69, 9.17) is 0 Å². The molecule has 0 aliphatic heterocycles. The van der Waals surface area contributed by atoms with Gasteiger partial charge in [0.15, 0.2) is 0 Å². The lowest BCUT2D eigenvalue weighted by molar-refractivity contribution is 0.0932. The number of thiazole rings is 1. The normalized spacial score (nSPS) is 9.08. The fourth-order valence-corrected chi connectivity index (χ4v) is 1.06. The summed E-state index contributed by atoms with van der Waals surface area (Å²) in [7, 11) is 1.18. The quantitative estimate of drug-likeness (QED) is 0.698. The molecule has 0 aliphatic rings. The number of imide groups is 1. The van der Waals surface area contributed by atoms with Crippen molar-refractivity contribution in [1.29, 1.82) is 0 Å². The van der Waals surface area contributed by atoms with E-state index in [0.29, 0.717) is 0 Å². The Labute approximate surface area is 72.4 Å². The number of carbonyl (C=O) groups excluding carboxylic acids is 2. The predicted octanol–water partition coefficient (Wildman–Crippen LogP) is 0.639. The third-order valence-electron chi connectivity index (χ3n) is 1.07. The largest absolute Gasteiger partial charge is 0.453 e. The van der Waals surface area contributed by atoms with E-state index in [1.807, 2.05) is 5.32 Å². The number of nitrogens with one attached hydrogen (secondary N) is 1. The second-order valence-electron chi connectivity index (χ2n) is 1.82. The maximum atomic E-state index is 11.0. The first-order valence-electron chi connectivity index (χ1n) is 3.01. The molecule has 0 aliphatic carbocycles. The van der Waals surface area contributed by atoms with Crippen LogP contribution in [0.1, 0.15) is 10.5 Å². The topological polar surface area (TPSA) is 68.3 Å². The number of aromatic nitrogens is 1. The van der Waals surface area contributed by atoms with Crippen LogP contribution in [0.4, 0.5) is 4.79 Å². The highest BCUT2D eigenvalue weighted by molar-refractivity contribution is 7.07. The zero-order valence-corrected chi connectivity index (χ0v) is 7.05. The summed E-state index contributed by atoms with van der Waals surface area (Å²) in [5.74, 6) is -0.553. The van der Waals surface area contributed by atoms with E-state index in [0.717, 1.165) is 0 Å². The van der Waals surface area contributed by atoms with Crippen molar-refractivity contribution in [1.82, 2.24) is 10.3 Å². The molecule has 1 heterocycles. The molecule has 0 bridgehead atoms. The van der Waals surface area contributed by atoms with Gasteiger partial charge in [-0.15, -0.1) is 11.3 Å². The molecule has 0 radical (unpaired) electrons. The lowest BCUT2D eigenvalue weighted by atomic mass is 10.5. The molecule has 64 valence electrons. The summed E-state index contributed by atoms with van der Waals surface area (Å²) in [4.78, 5) is 25.2. The highest BCUT2D eigenvalue weighted by Crippen LogP contribution is 1.99. The number of alkyl carbamates (subject to hydrolysis) is 1. The smallest absolute Gasteiger partial charge is 0.413 e. The van der Waals surface area contributed by atoms with Crippen LogP contribution in [0.25, 0.3) is 0 Å². The zero-order chi connectivity index (χ0) is 8.97. The van der Waals surface area contributed by atoms with E-state index in [1.165, 1.54) is 29.3 Å². The standard InChI is InChI=1S/C6H6N2O3S/c1-11-6(10)8-5(9)4-2-12-3-7-4/h2-3H,1H3,(H,8,9,10). The van der Waals surface area contributed by atoms with Gasteiger partial charge < -0.3 is 4.74 Å². The third-order valence-corrected chi connectivity index (χ3v) is 1.65. The van der Waals surface area contributed by atoms with Crippen LogP contribution in [0.2, 0.25) is 0 Å². The second-order valence-corrected chi connectivity index (χ2v) is 2.54. The second kappa shape index (κ2) is 3.82. The molecule has 1 aromatic rings. The van der Waals surface area contributed by atoms with Crippen molar-refractivity contribution < 1.29 is 14.3 Å². The van der Waals surface area contributed by atoms with Crippen LogP contribution in [-0.4, -0.2) is 24.1 Å². The van der Waals surface area contributed by atoms with Gasteiger partial charge in [-0.05, 0) is 0 Å². The average molecular weight is 186 g/mol. The van der Waals surface area contributed by atoms with Gasteiger partial charge in [-0.3, -0.25) is 10.1 Å². The van der Waals surface area contributed by atoms with Crippen molar-refractivity contribution in [2.24, 2.45) is 0 Å². The molecule has 1 N–H and O–H groups in total. The van der Waals surface area contributed by atoms with Gasteiger partial charge in [0.05, 0.1) is 12.6 Å². The minimum Gasteiger partial charge on any atom is -0.453 e. The maximum Gasteiger partial charge on any atom is 0.413 e. The molecule has 0 aromatic carbocycles. The first kappa shape index (κ1) is 8.66. The molecule has 6 heteroatoms. The Balaban J connectivity index is 2.56. The summed E-state index contributed by atoms with van der Waals surface area (Å²) in [5, 5.41) is 3.52. The van der Waals surface area contributed by atoms with Gasteiger partial charge in [-0.1, -0.05) is 0 Å². The summed E-state index contributed by atoms with van der Waals surface area (Å²) >= 11 is 1.28. The fraction of sp³-hybridized carbons (Fsp3) is 0.167. The molecule has 0 saturated carbocycles. The van der Waals surface area contributed by atoms with Crippen molar-refractivity contribution in [2.75, 3.05) is 7.11 Å². The Kier molecular flexibility index (Phi) is 2.76. The van der Waals surface area contributed by atoms with Crippen LogP contribution in [0.3, 0.4) is 0 Å². The molecule has 0 spiro atoms. The van der Waals surface area contributed by atoms with Crippen molar-refractivity contribution in [3.63, 3.8) is 0 Å². The Bertz CT molecular complexity index is 283. The Morgan fingerprint density at radius 3 is 2.92 bits per heavy atom. The van der Waals surface area contributed by atoms with Crippen molar-refractivity contribution >= 4 is 23.3 Å². The maximum absolute atomic E-state index is 11.0. The number of methoxy groups -OCH3 is 1. The molecule has 2 amide bonds. The number of hydrogen-bond acceptors (Lipinski definition) is 5. The van der Waals surface area contributed by atoms with E-state index >= 15 is 0 Å². The average Bonchev–Trinajstić information content (AvgIpc) is 2.56. The Hall–Kier alpha value is -1.43. The number of carbonyl (C=O) groups is 2. The summed E-state index contributed by atoms with van der Waals surface area (Å²) in [6.07, 6.45) is -0.784. The van der Waals surface area contributed by atoms with Crippen LogP contribution >= 0.6 is 11.3 Å². The van der Waals surface area contributed by atoms with Crippen molar-refractivity contribution in [2.45, 2.75) is 0 Å². The third kappa shape index (κ3) is 2.03. The zero-order valence-electron chi connectivity index (χ0n) is 6.23. The SMILES string of the molecule is COC(=O)NC(=O)c1cscn1. The summed E-state index contributed by atoms with van der Waals surface area (Å²) in [6, 6.07) is 0.